The number of carbonyl (C=O) groups is 2. The van der Waals surface area contributed by atoms with E-state index in [4.69, 9.17) is 0 Å². The van der Waals surface area contributed by atoms with Crippen molar-refractivity contribution in [2.45, 2.75) is 32.9 Å². The Labute approximate surface area is 105 Å². The molecular weight excluding hydrogens is 234 g/mol. The normalized spacial score (nSPS) is 19.4. The molecule has 1 atom stereocenters. The zero-order chi connectivity index (χ0) is 13.0. The van der Waals surface area contributed by atoms with Crippen molar-refractivity contribution in [2.75, 3.05) is 6.54 Å². The smallest absolute Gasteiger partial charge is 0.225 e. The molecule has 2 N–H and O–H groups in total. The van der Waals surface area contributed by atoms with Gasteiger partial charge in [0.2, 0.25) is 11.8 Å². The minimum atomic E-state index is -0.138. The molecule has 1 aliphatic rings. The number of nitrogens with zero attached hydrogens (tertiary/aromatic N) is 3. The van der Waals surface area contributed by atoms with Crippen LogP contribution in [0.4, 0.5) is 0 Å². The molecule has 7 heteroatoms. The van der Waals surface area contributed by atoms with Crippen LogP contribution in [-0.4, -0.2) is 33.1 Å². The van der Waals surface area contributed by atoms with Crippen molar-refractivity contribution in [3.05, 3.63) is 12.2 Å². The van der Waals surface area contributed by atoms with Crippen molar-refractivity contribution in [3.63, 3.8) is 0 Å². The van der Waals surface area contributed by atoms with Crippen LogP contribution in [0.25, 0.3) is 0 Å². The standard InChI is InChI=1S/C11H17N5O2/c1-2-16-7-14-15-9(16)6-13-11(18)8-3-4-10(17)12-5-8/h7-8H,2-6H2,1H3,(H,12,17)(H,13,18)/t8-/m1/s1. The zero-order valence-electron chi connectivity index (χ0n) is 10.3. The lowest BCUT2D eigenvalue weighted by molar-refractivity contribution is -0.129. The van der Waals surface area contributed by atoms with E-state index >= 15 is 0 Å². The highest BCUT2D eigenvalue weighted by Gasteiger charge is 2.24. The number of amides is 2. The van der Waals surface area contributed by atoms with Gasteiger partial charge < -0.3 is 15.2 Å². The van der Waals surface area contributed by atoms with E-state index in [0.717, 1.165) is 12.4 Å². The van der Waals surface area contributed by atoms with Crippen LogP contribution in [0.5, 0.6) is 0 Å². The molecule has 7 nitrogen and oxygen atoms in total. The van der Waals surface area contributed by atoms with E-state index in [1.54, 1.807) is 6.33 Å². The van der Waals surface area contributed by atoms with Crippen molar-refractivity contribution in [2.24, 2.45) is 5.92 Å². The van der Waals surface area contributed by atoms with Gasteiger partial charge >= 0.3 is 0 Å². The van der Waals surface area contributed by atoms with Crippen molar-refractivity contribution < 1.29 is 9.59 Å². The van der Waals surface area contributed by atoms with Crippen molar-refractivity contribution >= 4 is 11.8 Å². The number of piperidine rings is 1. The number of hydrogen-bond acceptors (Lipinski definition) is 4. The van der Waals surface area contributed by atoms with Crippen molar-refractivity contribution in [3.8, 4) is 0 Å². The molecule has 0 bridgehead atoms. The summed E-state index contributed by atoms with van der Waals surface area (Å²) in [6.07, 6.45) is 2.67. The monoisotopic (exact) mass is 251 g/mol. The fourth-order valence-electron chi connectivity index (χ4n) is 1.95. The highest BCUT2D eigenvalue weighted by Crippen LogP contribution is 2.10. The van der Waals surface area contributed by atoms with Crippen LogP contribution < -0.4 is 10.6 Å². The highest BCUT2D eigenvalue weighted by molar-refractivity contribution is 5.83. The molecule has 1 aromatic heterocycles. The third kappa shape index (κ3) is 2.85. The number of hydrogen-bond donors (Lipinski definition) is 2. The molecule has 98 valence electrons. The van der Waals surface area contributed by atoms with Crippen LogP contribution in [0.2, 0.25) is 0 Å². The number of rotatable bonds is 4. The Hall–Kier alpha value is -1.92. The number of nitrogens with one attached hydrogen (secondary N) is 2. The molecule has 1 saturated heterocycles. The summed E-state index contributed by atoms with van der Waals surface area (Å²) in [4.78, 5) is 22.9. The Morgan fingerprint density at radius 3 is 3.17 bits per heavy atom. The second-order valence-corrected chi connectivity index (χ2v) is 4.29. The first-order valence-electron chi connectivity index (χ1n) is 6.11. The van der Waals surface area contributed by atoms with Crippen LogP contribution in [0.1, 0.15) is 25.6 Å². The molecule has 1 fully saturated rings. The van der Waals surface area contributed by atoms with Crippen molar-refractivity contribution in [1.82, 2.24) is 25.4 Å². The Bertz CT molecular complexity index is 432. The minimum absolute atomic E-state index is 0.0183. The molecule has 0 unspecified atom stereocenters. The van der Waals surface area contributed by atoms with Gasteiger partial charge in [0.1, 0.15) is 6.33 Å². The van der Waals surface area contributed by atoms with Crippen LogP contribution in [0.15, 0.2) is 6.33 Å². The fourth-order valence-corrected chi connectivity index (χ4v) is 1.95. The summed E-state index contributed by atoms with van der Waals surface area (Å²) in [6.45, 7) is 3.56. The molecule has 0 saturated carbocycles. The van der Waals surface area contributed by atoms with Gasteiger partial charge in [-0.1, -0.05) is 0 Å². The van der Waals surface area contributed by atoms with E-state index in [1.165, 1.54) is 0 Å². The number of carbonyl (C=O) groups excluding carboxylic acids is 2. The lowest BCUT2D eigenvalue weighted by Crippen LogP contribution is -2.42. The first-order chi connectivity index (χ1) is 8.70. The molecule has 1 aliphatic heterocycles. The lowest BCUT2D eigenvalue weighted by Gasteiger charge is -2.21. The quantitative estimate of drug-likeness (QED) is 0.750. The maximum Gasteiger partial charge on any atom is 0.225 e. The summed E-state index contributed by atoms with van der Waals surface area (Å²) in [5, 5.41) is 13.3. The maximum atomic E-state index is 11.9. The highest BCUT2D eigenvalue weighted by atomic mass is 16.2. The third-order valence-electron chi connectivity index (χ3n) is 3.09. The van der Waals surface area contributed by atoms with Crippen LogP contribution >= 0.6 is 0 Å². The molecule has 0 spiro atoms. The molecule has 2 rings (SSSR count). The Morgan fingerprint density at radius 2 is 2.50 bits per heavy atom. The second kappa shape index (κ2) is 5.61. The molecule has 2 amide bonds. The van der Waals surface area contributed by atoms with Gasteiger partial charge in [0, 0.05) is 19.5 Å². The lowest BCUT2D eigenvalue weighted by atomic mass is 9.98. The van der Waals surface area contributed by atoms with Gasteiger partial charge in [-0.05, 0) is 13.3 Å². The van der Waals surface area contributed by atoms with Crippen LogP contribution in [-0.2, 0) is 22.7 Å². The van der Waals surface area contributed by atoms with E-state index in [9.17, 15) is 9.59 Å². The van der Waals surface area contributed by atoms with Gasteiger partial charge in [-0.2, -0.15) is 0 Å². The average molecular weight is 251 g/mol. The van der Waals surface area contributed by atoms with E-state index in [2.05, 4.69) is 20.8 Å². The van der Waals surface area contributed by atoms with Gasteiger partial charge in [-0.15, -0.1) is 10.2 Å². The number of aromatic nitrogens is 3. The zero-order valence-corrected chi connectivity index (χ0v) is 10.3. The molecule has 0 radical (unpaired) electrons. The van der Waals surface area contributed by atoms with Gasteiger partial charge in [-0.3, -0.25) is 9.59 Å². The second-order valence-electron chi connectivity index (χ2n) is 4.29. The predicted molar refractivity (Wildman–Crippen MR) is 63.3 cm³/mol. The largest absolute Gasteiger partial charge is 0.355 e. The van der Waals surface area contributed by atoms with Gasteiger partial charge in [0.25, 0.3) is 0 Å². The number of aryl methyl sites for hydroxylation is 1. The average Bonchev–Trinajstić information content (AvgIpc) is 2.84. The van der Waals surface area contributed by atoms with E-state index in [-0.39, 0.29) is 17.7 Å². The summed E-state index contributed by atoms with van der Waals surface area (Å²) in [6, 6.07) is 0. The topological polar surface area (TPSA) is 88.9 Å². The molecule has 0 aromatic carbocycles. The summed E-state index contributed by atoms with van der Waals surface area (Å²) in [5.74, 6) is 0.580. The summed E-state index contributed by atoms with van der Waals surface area (Å²) < 4.78 is 1.88. The van der Waals surface area contributed by atoms with Gasteiger partial charge in [0.05, 0.1) is 12.5 Å². The van der Waals surface area contributed by atoms with E-state index in [0.29, 0.717) is 25.9 Å². The summed E-state index contributed by atoms with van der Waals surface area (Å²) >= 11 is 0. The Morgan fingerprint density at radius 1 is 1.67 bits per heavy atom. The van der Waals surface area contributed by atoms with Gasteiger partial charge in [-0.25, -0.2) is 0 Å². The molecule has 18 heavy (non-hydrogen) atoms. The predicted octanol–water partition coefficient (Wildman–Crippen LogP) is -0.560. The Balaban J connectivity index is 1.83. The van der Waals surface area contributed by atoms with Gasteiger partial charge in [0.15, 0.2) is 5.82 Å². The SMILES string of the molecule is CCn1cnnc1CNC(=O)[C@@H]1CCC(=O)NC1. The first kappa shape index (κ1) is 12.5. The minimum Gasteiger partial charge on any atom is -0.355 e. The van der Waals surface area contributed by atoms with E-state index < -0.39 is 0 Å². The Kier molecular flexibility index (Phi) is 3.91. The molecule has 2 heterocycles. The van der Waals surface area contributed by atoms with Crippen LogP contribution in [0.3, 0.4) is 0 Å². The van der Waals surface area contributed by atoms with E-state index in [1.807, 2.05) is 11.5 Å². The summed E-state index contributed by atoms with van der Waals surface area (Å²) in [5.41, 5.74) is 0. The fraction of sp³-hybridized carbons (Fsp3) is 0.636. The van der Waals surface area contributed by atoms with Crippen molar-refractivity contribution in [1.29, 1.82) is 0 Å². The summed E-state index contributed by atoms with van der Waals surface area (Å²) in [7, 11) is 0. The first-order valence-corrected chi connectivity index (χ1v) is 6.11. The molecule has 1 aromatic rings. The molecular formula is C11H17N5O2. The maximum absolute atomic E-state index is 11.9. The molecule has 0 aliphatic carbocycles. The third-order valence-corrected chi connectivity index (χ3v) is 3.09. The van der Waals surface area contributed by atoms with Crippen LogP contribution in [0, 0.1) is 5.92 Å².